The summed E-state index contributed by atoms with van der Waals surface area (Å²) in [5.41, 5.74) is -2.15. The third kappa shape index (κ3) is 0.656. The van der Waals surface area contributed by atoms with Gasteiger partial charge in [0.25, 0.3) is 0 Å². The first-order chi connectivity index (χ1) is 6.35. The third-order valence-electron chi connectivity index (χ3n) is 4.07. The van der Waals surface area contributed by atoms with Crippen molar-refractivity contribution >= 4 is 17.5 Å². The molecule has 2 fully saturated rings. The van der Waals surface area contributed by atoms with Gasteiger partial charge in [0.05, 0.1) is 0 Å². The van der Waals surface area contributed by atoms with E-state index < -0.39 is 28.4 Å². The van der Waals surface area contributed by atoms with Crippen molar-refractivity contribution in [3.63, 3.8) is 0 Å². The molecule has 4 nitrogen and oxygen atoms in total. The number of rotatable bonds is 1. The molecule has 0 radical (unpaired) electrons. The highest BCUT2D eigenvalue weighted by Crippen LogP contribution is 2.62. The molecule has 0 aromatic carbocycles. The average molecular weight is 196 g/mol. The van der Waals surface area contributed by atoms with Crippen molar-refractivity contribution in [1.82, 2.24) is 0 Å². The lowest BCUT2D eigenvalue weighted by atomic mass is 9.69. The van der Waals surface area contributed by atoms with Crippen LogP contribution < -0.4 is 0 Å². The number of carboxylic acid groups (broad SMARTS) is 1. The van der Waals surface area contributed by atoms with Crippen LogP contribution in [0.15, 0.2) is 0 Å². The number of hydrogen-bond donors (Lipinski definition) is 1. The van der Waals surface area contributed by atoms with Crippen molar-refractivity contribution in [1.29, 1.82) is 0 Å². The van der Waals surface area contributed by atoms with Crippen molar-refractivity contribution in [2.75, 3.05) is 0 Å². The van der Waals surface area contributed by atoms with Crippen LogP contribution in [0.3, 0.4) is 0 Å². The Bertz CT molecular complexity index is 355. The van der Waals surface area contributed by atoms with Gasteiger partial charge in [-0.15, -0.1) is 0 Å². The van der Waals surface area contributed by atoms with E-state index in [1.165, 1.54) is 0 Å². The summed E-state index contributed by atoms with van der Waals surface area (Å²) in [6.45, 7) is 3.42. The Kier molecular flexibility index (Phi) is 1.50. The van der Waals surface area contributed by atoms with Gasteiger partial charge in [-0.3, -0.25) is 14.4 Å². The zero-order valence-electron chi connectivity index (χ0n) is 8.16. The first kappa shape index (κ1) is 9.37. The Morgan fingerprint density at radius 2 is 2.00 bits per heavy atom. The van der Waals surface area contributed by atoms with E-state index in [1.807, 2.05) is 0 Å². The fourth-order valence-electron chi connectivity index (χ4n) is 3.05. The predicted octanol–water partition coefficient (Wildman–Crippen LogP) is 0.645. The summed E-state index contributed by atoms with van der Waals surface area (Å²) in [6, 6.07) is 0. The van der Waals surface area contributed by atoms with Crippen LogP contribution in [0, 0.1) is 16.7 Å². The number of fused-ring (bicyclic) bond motifs is 2. The minimum atomic E-state index is -1.44. The molecule has 0 heterocycles. The molecule has 0 amide bonds. The molecule has 2 atom stereocenters. The third-order valence-corrected chi connectivity index (χ3v) is 4.07. The van der Waals surface area contributed by atoms with E-state index in [0.717, 1.165) is 0 Å². The fourth-order valence-corrected chi connectivity index (χ4v) is 3.05. The highest BCUT2D eigenvalue weighted by atomic mass is 16.4. The summed E-state index contributed by atoms with van der Waals surface area (Å²) >= 11 is 0. The Hall–Kier alpha value is -1.19. The van der Waals surface area contributed by atoms with E-state index in [1.54, 1.807) is 13.8 Å². The van der Waals surface area contributed by atoms with Gasteiger partial charge in [0.2, 0.25) is 11.6 Å². The smallest absolute Gasteiger partial charge is 0.318 e. The van der Waals surface area contributed by atoms with Crippen molar-refractivity contribution in [2.45, 2.75) is 26.7 Å². The molecule has 2 rings (SSSR count). The molecule has 76 valence electrons. The second-order valence-electron chi connectivity index (χ2n) is 4.72. The molecule has 0 saturated heterocycles. The summed E-state index contributed by atoms with van der Waals surface area (Å²) in [6.07, 6.45) is 0.842. The first-order valence-electron chi connectivity index (χ1n) is 4.68. The van der Waals surface area contributed by atoms with E-state index in [2.05, 4.69) is 0 Å². The average Bonchev–Trinajstić information content (AvgIpc) is 2.41. The number of ketones is 2. The molecule has 4 heteroatoms. The second-order valence-corrected chi connectivity index (χ2v) is 4.72. The van der Waals surface area contributed by atoms with E-state index in [9.17, 15) is 14.4 Å². The van der Waals surface area contributed by atoms with E-state index in [-0.39, 0.29) is 5.92 Å². The lowest BCUT2D eigenvalue weighted by molar-refractivity contribution is -0.160. The maximum absolute atomic E-state index is 11.6. The van der Waals surface area contributed by atoms with Gasteiger partial charge in [-0.05, 0) is 18.3 Å². The van der Waals surface area contributed by atoms with Crippen LogP contribution >= 0.6 is 0 Å². The summed E-state index contributed by atoms with van der Waals surface area (Å²) in [5, 5.41) is 9.14. The summed E-state index contributed by atoms with van der Waals surface area (Å²) in [5.74, 6) is -2.69. The van der Waals surface area contributed by atoms with E-state index in [4.69, 9.17) is 5.11 Å². The van der Waals surface area contributed by atoms with Crippen LogP contribution in [0.1, 0.15) is 26.7 Å². The monoisotopic (exact) mass is 196 g/mol. The second kappa shape index (κ2) is 2.24. The molecular weight excluding hydrogens is 184 g/mol. The summed E-state index contributed by atoms with van der Waals surface area (Å²) < 4.78 is 0. The van der Waals surface area contributed by atoms with Gasteiger partial charge in [-0.2, -0.15) is 0 Å². The van der Waals surface area contributed by atoms with Crippen LogP contribution in [0.5, 0.6) is 0 Å². The standard InChI is InChI=1S/C10H12O4/c1-9(2)5-3-4-10(9,8(13)14)7(12)6(5)11/h5H,3-4H2,1-2H3,(H,13,14)/t5?,10-/m0/s1. The minimum absolute atomic E-state index is 0.310. The van der Waals surface area contributed by atoms with Crippen LogP contribution in [0.2, 0.25) is 0 Å². The van der Waals surface area contributed by atoms with Gasteiger partial charge >= 0.3 is 5.97 Å². The molecule has 0 aromatic rings. The summed E-state index contributed by atoms with van der Waals surface area (Å²) in [4.78, 5) is 34.3. The zero-order valence-corrected chi connectivity index (χ0v) is 8.16. The van der Waals surface area contributed by atoms with Crippen LogP contribution in [0.4, 0.5) is 0 Å². The first-order valence-corrected chi connectivity index (χ1v) is 4.68. The Morgan fingerprint density at radius 1 is 1.43 bits per heavy atom. The van der Waals surface area contributed by atoms with Crippen molar-refractivity contribution in [2.24, 2.45) is 16.7 Å². The normalized spacial score (nSPS) is 39.1. The molecule has 1 N–H and O–H groups in total. The molecule has 2 bridgehead atoms. The summed E-state index contributed by atoms with van der Waals surface area (Å²) in [7, 11) is 0. The lowest BCUT2D eigenvalue weighted by Crippen LogP contribution is -2.44. The number of aliphatic carboxylic acids is 1. The Balaban J connectivity index is 2.65. The van der Waals surface area contributed by atoms with Gasteiger partial charge in [0, 0.05) is 5.92 Å². The molecular formula is C10H12O4. The maximum atomic E-state index is 11.6. The Morgan fingerprint density at radius 3 is 2.29 bits per heavy atom. The van der Waals surface area contributed by atoms with Crippen LogP contribution in [0.25, 0.3) is 0 Å². The molecule has 0 aromatic heterocycles. The largest absolute Gasteiger partial charge is 0.480 e. The molecule has 2 aliphatic carbocycles. The van der Waals surface area contributed by atoms with Crippen molar-refractivity contribution < 1.29 is 19.5 Å². The van der Waals surface area contributed by atoms with Crippen LogP contribution in [-0.2, 0) is 14.4 Å². The molecule has 14 heavy (non-hydrogen) atoms. The fraction of sp³-hybridized carbons (Fsp3) is 0.700. The van der Waals surface area contributed by atoms with Crippen LogP contribution in [-0.4, -0.2) is 22.6 Å². The highest BCUT2D eigenvalue weighted by Gasteiger charge is 2.72. The van der Waals surface area contributed by atoms with Crippen molar-refractivity contribution in [3.8, 4) is 0 Å². The topological polar surface area (TPSA) is 71.4 Å². The SMILES string of the molecule is CC1(C)C2CC[C@@]1(C(=O)O)C(=O)C2=O. The number of Topliss-reactive ketones (excluding diaryl/α,β-unsaturated/α-hetero) is 2. The highest BCUT2D eigenvalue weighted by molar-refractivity contribution is 6.47. The predicted molar refractivity (Wildman–Crippen MR) is 46.6 cm³/mol. The van der Waals surface area contributed by atoms with Gasteiger partial charge in [-0.25, -0.2) is 0 Å². The van der Waals surface area contributed by atoms with E-state index in [0.29, 0.717) is 12.8 Å². The van der Waals surface area contributed by atoms with Gasteiger partial charge in [0.1, 0.15) is 5.41 Å². The molecule has 0 spiro atoms. The zero-order chi connectivity index (χ0) is 10.7. The quantitative estimate of drug-likeness (QED) is 0.493. The molecule has 2 aliphatic rings. The Labute approximate surface area is 81.3 Å². The van der Waals surface area contributed by atoms with Crippen molar-refractivity contribution in [3.05, 3.63) is 0 Å². The lowest BCUT2D eigenvalue weighted by Gasteiger charge is -2.30. The number of carbonyl (C=O) groups is 3. The number of hydrogen-bond acceptors (Lipinski definition) is 3. The maximum Gasteiger partial charge on any atom is 0.318 e. The van der Waals surface area contributed by atoms with Gasteiger partial charge in [-0.1, -0.05) is 13.8 Å². The molecule has 1 unspecified atom stereocenters. The van der Waals surface area contributed by atoms with Gasteiger partial charge in [0.15, 0.2) is 0 Å². The molecule has 2 saturated carbocycles. The number of carboxylic acids is 1. The van der Waals surface area contributed by atoms with Gasteiger partial charge < -0.3 is 5.11 Å². The number of carbonyl (C=O) groups excluding carboxylic acids is 2. The minimum Gasteiger partial charge on any atom is -0.480 e. The molecule has 0 aliphatic heterocycles. The van der Waals surface area contributed by atoms with E-state index >= 15 is 0 Å².